The topological polar surface area (TPSA) is 38.1 Å². The van der Waals surface area contributed by atoms with Gasteiger partial charge < -0.3 is 9.73 Å². The van der Waals surface area contributed by atoms with Crippen molar-refractivity contribution in [2.45, 2.75) is 12.8 Å². The molecular formula is C12H16N2OS. The minimum atomic E-state index is 0.630. The van der Waals surface area contributed by atoms with Gasteiger partial charge in [-0.05, 0) is 37.0 Å². The van der Waals surface area contributed by atoms with Crippen LogP contribution in [-0.4, -0.2) is 23.5 Å². The Bertz CT molecular complexity index is 408. The highest BCUT2D eigenvalue weighted by Gasteiger charge is 2.02. The molecule has 0 aliphatic heterocycles. The van der Waals surface area contributed by atoms with Crippen molar-refractivity contribution in [1.82, 2.24) is 4.98 Å². The Morgan fingerprint density at radius 1 is 1.31 bits per heavy atom. The standard InChI is InChI=1S/C12H16N2OS/c1-16-9-5-4-8-13-12-14-10-6-2-3-7-11(10)15-12/h2-3,6-7H,4-5,8-9H2,1H3,(H,13,14). The number of thioether (sulfide) groups is 1. The first kappa shape index (κ1) is 11.3. The van der Waals surface area contributed by atoms with Gasteiger partial charge >= 0.3 is 0 Å². The number of fused-ring (bicyclic) bond motifs is 1. The molecule has 0 unspecified atom stereocenters. The molecule has 0 bridgehead atoms. The van der Waals surface area contributed by atoms with Crippen LogP contribution in [0.25, 0.3) is 11.1 Å². The third kappa shape index (κ3) is 2.92. The summed E-state index contributed by atoms with van der Waals surface area (Å²) in [5.74, 6) is 1.22. The number of rotatable bonds is 6. The molecule has 0 atom stereocenters. The zero-order chi connectivity index (χ0) is 11.2. The van der Waals surface area contributed by atoms with Crippen molar-refractivity contribution in [2.24, 2.45) is 0 Å². The fraction of sp³-hybridized carbons (Fsp3) is 0.417. The Morgan fingerprint density at radius 2 is 2.19 bits per heavy atom. The molecule has 2 rings (SSSR count). The molecule has 0 amide bonds. The minimum Gasteiger partial charge on any atom is -0.424 e. The van der Waals surface area contributed by atoms with Gasteiger partial charge in [0.1, 0.15) is 5.52 Å². The van der Waals surface area contributed by atoms with Crippen LogP contribution in [0.3, 0.4) is 0 Å². The average Bonchev–Trinajstić information content (AvgIpc) is 2.71. The lowest BCUT2D eigenvalue weighted by atomic mass is 10.3. The van der Waals surface area contributed by atoms with Gasteiger partial charge in [0.05, 0.1) is 0 Å². The Morgan fingerprint density at radius 3 is 3.00 bits per heavy atom. The first-order chi connectivity index (χ1) is 7.90. The van der Waals surface area contributed by atoms with Crippen molar-refractivity contribution in [2.75, 3.05) is 23.9 Å². The lowest BCUT2D eigenvalue weighted by molar-refractivity contribution is 0.612. The molecule has 0 aliphatic rings. The molecule has 16 heavy (non-hydrogen) atoms. The summed E-state index contributed by atoms with van der Waals surface area (Å²) in [5, 5.41) is 3.21. The highest BCUT2D eigenvalue weighted by atomic mass is 32.2. The maximum absolute atomic E-state index is 5.55. The molecule has 1 heterocycles. The Balaban J connectivity index is 1.85. The quantitative estimate of drug-likeness (QED) is 0.780. The fourth-order valence-electron chi connectivity index (χ4n) is 1.51. The van der Waals surface area contributed by atoms with Crippen LogP contribution in [0.15, 0.2) is 28.7 Å². The van der Waals surface area contributed by atoms with Gasteiger partial charge in [-0.25, -0.2) is 0 Å². The number of benzene rings is 1. The van der Waals surface area contributed by atoms with E-state index in [1.54, 1.807) is 0 Å². The first-order valence-corrected chi connectivity index (χ1v) is 6.88. The van der Waals surface area contributed by atoms with Crippen molar-refractivity contribution in [1.29, 1.82) is 0 Å². The lowest BCUT2D eigenvalue weighted by Gasteiger charge is -1.99. The smallest absolute Gasteiger partial charge is 0.295 e. The summed E-state index contributed by atoms with van der Waals surface area (Å²) in [6.07, 6.45) is 4.52. The van der Waals surface area contributed by atoms with Crippen molar-refractivity contribution >= 4 is 28.9 Å². The predicted molar refractivity (Wildman–Crippen MR) is 70.1 cm³/mol. The summed E-state index contributed by atoms with van der Waals surface area (Å²) < 4.78 is 5.55. The molecule has 4 heteroatoms. The summed E-state index contributed by atoms with van der Waals surface area (Å²) in [6, 6.07) is 8.44. The van der Waals surface area contributed by atoms with Gasteiger partial charge in [0.2, 0.25) is 0 Å². The molecule has 1 N–H and O–H groups in total. The van der Waals surface area contributed by atoms with E-state index in [1.165, 1.54) is 12.2 Å². The second-order valence-electron chi connectivity index (χ2n) is 3.61. The number of unbranched alkanes of at least 4 members (excludes halogenated alkanes) is 1. The number of oxazole rings is 1. The average molecular weight is 236 g/mol. The zero-order valence-corrected chi connectivity index (χ0v) is 10.2. The Hall–Kier alpha value is -1.16. The second kappa shape index (κ2) is 5.80. The van der Waals surface area contributed by atoms with Gasteiger partial charge in [0.15, 0.2) is 5.58 Å². The lowest BCUT2D eigenvalue weighted by Crippen LogP contribution is -2.01. The van der Waals surface area contributed by atoms with Crippen molar-refractivity contribution in [3.8, 4) is 0 Å². The van der Waals surface area contributed by atoms with Crippen LogP contribution >= 0.6 is 11.8 Å². The zero-order valence-electron chi connectivity index (χ0n) is 9.40. The van der Waals surface area contributed by atoms with Crippen LogP contribution < -0.4 is 5.32 Å². The summed E-state index contributed by atoms with van der Waals surface area (Å²) in [4.78, 5) is 4.35. The predicted octanol–water partition coefficient (Wildman–Crippen LogP) is 3.38. The van der Waals surface area contributed by atoms with Crippen LogP contribution in [0.5, 0.6) is 0 Å². The van der Waals surface area contributed by atoms with Crippen molar-refractivity contribution < 1.29 is 4.42 Å². The molecule has 0 aliphatic carbocycles. The number of para-hydroxylation sites is 2. The first-order valence-electron chi connectivity index (χ1n) is 5.48. The molecule has 1 aromatic heterocycles. The Kier molecular flexibility index (Phi) is 4.10. The van der Waals surface area contributed by atoms with E-state index >= 15 is 0 Å². The number of anilines is 1. The van der Waals surface area contributed by atoms with Crippen LogP contribution in [0.2, 0.25) is 0 Å². The molecule has 0 radical (unpaired) electrons. The summed E-state index contributed by atoms with van der Waals surface area (Å²) >= 11 is 1.88. The number of nitrogens with one attached hydrogen (secondary N) is 1. The van der Waals surface area contributed by atoms with Crippen LogP contribution in [0, 0.1) is 0 Å². The van der Waals surface area contributed by atoms with Gasteiger partial charge in [0.25, 0.3) is 6.01 Å². The maximum Gasteiger partial charge on any atom is 0.295 e. The SMILES string of the molecule is CSCCCCNc1nc2ccccc2o1. The molecule has 0 saturated heterocycles. The molecule has 0 spiro atoms. The fourth-order valence-corrected chi connectivity index (χ4v) is 2.01. The summed E-state index contributed by atoms with van der Waals surface area (Å²) in [7, 11) is 0. The van der Waals surface area contributed by atoms with Crippen molar-refractivity contribution in [3.63, 3.8) is 0 Å². The molecule has 0 fully saturated rings. The van der Waals surface area contributed by atoms with Gasteiger partial charge in [-0.3, -0.25) is 0 Å². The minimum absolute atomic E-state index is 0.630. The van der Waals surface area contributed by atoms with E-state index in [0.717, 1.165) is 24.1 Å². The molecular weight excluding hydrogens is 220 g/mol. The third-order valence-corrected chi connectivity index (χ3v) is 3.04. The summed E-state index contributed by atoms with van der Waals surface area (Å²) in [5.41, 5.74) is 1.75. The highest BCUT2D eigenvalue weighted by Crippen LogP contribution is 2.17. The summed E-state index contributed by atoms with van der Waals surface area (Å²) in [6.45, 7) is 0.924. The normalized spacial score (nSPS) is 10.8. The number of aromatic nitrogens is 1. The molecule has 0 saturated carbocycles. The van der Waals surface area contributed by atoms with E-state index in [0.29, 0.717) is 6.01 Å². The van der Waals surface area contributed by atoms with E-state index in [-0.39, 0.29) is 0 Å². The van der Waals surface area contributed by atoms with Gasteiger partial charge in [-0.2, -0.15) is 16.7 Å². The molecule has 86 valence electrons. The molecule has 3 nitrogen and oxygen atoms in total. The van der Waals surface area contributed by atoms with E-state index in [9.17, 15) is 0 Å². The van der Waals surface area contributed by atoms with Gasteiger partial charge in [0, 0.05) is 6.54 Å². The van der Waals surface area contributed by atoms with Crippen LogP contribution in [0.1, 0.15) is 12.8 Å². The third-order valence-electron chi connectivity index (χ3n) is 2.35. The van der Waals surface area contributed by atoms with E-state index in [1.807, 2.05) is 36.0 Å². The molecule has 1 aromatic carbocycles. The van der Waals surface area contributed by atoms with E-state index in [4.69, 9.17) is 4.42 Å². The van der Waals surface area contributed by atoms with E-state index < -0.39 is 0 Å². The Labute approximate surface area is 99.6 Å². The van der Waals surface area contributed by atoms with Crippen LogP contribution in [-0.2, 0) is 0 Å². The maximum atomic E-state index is 5.55. The van der Waals surface area contributed by atoms with Gasteiger partial charge in [-0.1, -0.05) is 12.1 Å². The molecule has 2 aromatic rings. The number of hydrogen-bond donors (Lipinski definition) is 1. The van der Waals surface area contributed by atoms with E-state index in [2.05, 4.69) is 16.6 Å². The number of nitrogens with zero attached hydrogens (tertiary/aromatic N) is 1. The number of hydrogen-bond acceptors (Lipinski definition) is 4. The van der Waals surface area contributed by atoms with Crippen LogP contribution in [0.4, 0.5) is 6.01 Å². The highest BCUT2D eigenvalue weighted by molar-refractivity contribution is 7.98. The second-order valence-corrected chi connectivity index (χ2v) is 4.60. The van der Waals surface area contributed by atoms with Gasteiger partial charge in [-0.15, -0.1) is 0 Å². The van der Waals surface area contributed by atoms with Crippen molar-refractivity contribution in [3.05, 3.63) is 24.3 Å². The largest absolute Gasteiger partial charge is 0.424 e. The monoisotopic (exact) mass is 236 g/mol.